The molecule has 1 saturated heterocycles. The van der Waals surface area contributed by atoms with Gasteiger partial charge in [-0.3, -0.25) is 9.78 Å². The fourth-order valence-electron chi connectivity index (χ4n) is 4.22. The summed E-state index contributed by atoms with van der Waals surface area (Å²) in [5, 5.41) is 3.27. The number of carbonyl (C=O) groups excluding carboxylic acids is 1. The second kappa shape index (κ2) is 7.92. The van der Waals surface area contributed by atoms with Crippen molar-refractivity contribution in [2.45, 2.75) is 57.6 Å². The van der Waals surface area contributed by atoms with Gasteiger partial charge in [-0.1, -0.05) is 23.8 Å². The van der Waals surface area contributed by atoms with Gasteiger partial charge in [-0.05, 0) is 38.5 Å². The maximum Gasteiger partial charge on any atom is 0.220 e. The lowest BCUT2D eigenvalue weighted by Crippen LogP contribution is -2.48. The van der Waals surface area contributed by atoms with Gasteiger partial charge in [0.2, 0.25) is 5.91 Å². The third-order valence-corrected chi connectivity index (χ3v) is 5.74. The minimum atomic E-state index is -0.240. The average molecular weight is 380 g/mol. The molecule has 0 bridgehead atoms. The predicted molar refractivity (Wildman–Crippen MR) is 107 cm³/mol. The van der Waals surface area contributed by atoms with Crippen LogP contribution in [0.2, 0.25) is 0 Å². The molecule has 2 aliphatic heterocycles. The molecular formula is C23H28N2O3. The Kier molecular flexibility index (Phi) is 5.36. The number of ether oxygens (including phenoxy) is 2. The fourth-order valence-corrected chi connectivity index (χ4v) is 4.22. The highest BCUT2D eigenvalue weighted by molar-refractivity contribution is 5.77. The van der Waals surface area contributed by atoms with Crippen LogP contribution in [0.25, 0.3) is 0 Å². The second-order valence-corrected chi connectivity index (χ2v) is 8.03. The first-order chi connectivity index (χ1) is 13.5. The normalized spacial score (nSPS) is 20.3. The summed E-state index contributed by atoms with van der Waals surface area (Å²) >= 11 is 0. The van der Waals surface area contributed by atoms with Crippen molar-refractivity contribution in [3.63, 3.8) is 0 Å². The zero-order valence-electron chi connectivity index (χ0n) is 16.7. The van der Waals surface area contributed by atoms with Crippen LogP contribution < -0.4 is 10.1 Å². The fraction of sp³-hybridized carbons (Fsp3) is 0.478. The molecule has 0 radical (unpaired) electrons. The zero-order chi connectivity index (χ0) is 19.6. The van der Waals surface area contributed by atoms with Gasteiger partial charge in [0, 0.05) is 42.6 Å². The van der Waals surface area contributed by atoms with Gasteiger partial charge in [0.05, 0.1) is 19.3 Å². The van der Waals surface area contributed by atoms with Crippen molar-refractivity contribution >= 4 is 5.91 Å². The van der Waals surface area contributed by atoms with Crippen LogP contribution in [-0.2, 0) is 16.0 Å². The highest BCUT2D eigenvalue weighted by atomic mass is 16.5. The molecular weight excluding hydrogens is 352 g/mol. The lowest BCUT2D eigenvalue weighted by Gasteiger charge is -2.44. The molecule has 1 fully saturated rings. The van der Waals surface area contributed by atoms with Crippen LogP contribution >= 0.6 is 0 Å². The molecule has 148 valence electrons. The van der Waals surface area contributed by atoms with Gasteiger partial charge in [0.15, 0.2) is 0 Å². The Hall–Kier alpha value is -2.40. The minimum absolute atomic E-state index is 0.0280. The van der Waals surface area contributed by atoms with Crippen molar-refractivity contribution in [3.05, 3.63) is 58.9 Å². The summed E-state index contributed by atoms with van der Waals surface area (Å²) in [6.45, 7) is 5.46. The van der Waals surface area contributed by atoms with Crippen LogP contribution in [0.3, 0.4) is 0 Å². The molecule has 1 unspecified atom stereocenters. The lowest BCUT2D eigenvalue weighted by atomic mass is 9.81. The molecule has 2 aromatic rings. The van der Waals surface area contributed by atoms with Gasteiger partial charge in [0.1, 0.15) is 11.4 Å². The third kappa shape index (κ3) is 4.20. The van der Waals surface area contributed by atoms with E-state index in [1.54, 1.807) is 0 Å². The Balaban J connectivity index is 1.48. The Morgan fingerprint density at radius 3 is 2.82 bits per heavy atom. The number of carbonyl (C=O) groups is 1. The molecule has 1 N–H and O–H groups in total. The first-order valence-corrected chi connectivity index (χ1v) is 10.1. The van der Waals surface area contributed by atoms with Gasteiger partial charge < -0.3 is 14.8 Å². The quantitative estimate of drug-likeness (QED) is 0.876. The number of nitrogens with zero attached hydrogens (tertiary/aromatic N) is 1. The highest BCUT2D eigenvalue weighted by Crippen LogP contribution is 2.44. The second-order valence-electron chi connectivity index (χ2n) is 8.03. The van der Waals surface area contributed by atoms with E-state index in [0.29, 0.717) is 26.1 Å². The van der Waals surface area contributed by atoms with E-state index in [2.05, 4.69) is 29.4 Å². The molecule has 28 heavy (non-hydrogen) atoms. The molecule has 2 aliphatic rings. The van der Waals surface area contributed by atoms with Crippen LogP contribution in [-0.4, -0.2) is 29.7 Å². The van der Waals surface area contributed by atoms with E-state index in [-0.39, 0.29) is 17.6 Å². The van der Waals surface area contributed by atoms with Crippen LogP contribution in [0.5, 0.6) is 5.75 Å². The van der Waals surface area contributed by atoms with E-state index in [4.69, 9.17) is 9.47 Å². The smallest absolute Gasteiger partial charge is 0.220 e. The van der Waals surface area contributed by atoms with Gasteiger partial charge >= 0.3 is 0 Å². The van der Waals surface area contributed by atoms with Gasteiger partial charge in [-0.2, -0.15) is 0 Å². The van der Waals surface area contributed by atoms with Crippen molar-refractivity contribution in [1.29, 1.82) is 0 Å². The molecule has 1 spiro atoms. The molecule has 1 amide bonds. The van der Waals surface area contributed by atoms with Crippen molar-refractivity contribution in [2.24, 2.45) is 0 Å². The number of aryl methyl sites for hydroxylation is 3. The predicted octanol–water partition coefficient (Wildman–Crippen LogP) is 3.82. The van der Waals surface area contributed by atoms with Gasteiger partial charge in [-0.25, -0.2) is 0 Å². The summed E-state index contributed by atoms with van der Waals surface area (Å²) < 4.78 is 12.0. The van der Waals surface area contributed by atoms with E-state index in [1.807, 2.05) is 31.2 Å². The standard InChI is InChI=1S/C23H28N2O3/c1-16-6-8-21-19(14-16)20(15-23(28-21)10-12-27-13-11-23)25-22(26)9-7-18-5-3-4-17(2)24-18/h3-6,8,14,20H,7,9-13,15H2,1-2H3,(H,25,26). The largest absolute Gasteiger partial charge is 0.487 e. The average Bonchev–Trinajstić information content (AvgIpc) is 2.68. The summed E-state index contributed by atoms with van der Waals surface area (Å²) in [7, 11) is 0. The SMILES string of the molecule is Cc1ccc2c(c1)C(NC(=O)CCc1cccc(C)n1)CC1(CCOCC1)O2. The van der Waals surface area contributed by atoms with E-state index in [0.717, 1.165) is 42.0 Å². The molecule has 5 heteroatoms. The molecule has 0 aliphatic carbocycles. The molecule has 1 atom stereocenters. The number of nitrogens with one attached hydrogen (secondary N) is 1. The first kappa shape index (κ1) is 18.9. The van der Waals surface area contributed by atoms with Crippen molar-refractivity contribution < 1.29 is 14.3 Å². The monoisotopic (exact) mass is 380 g/mol. The summed E-state index contributed by atoms with van der Waals surface area (Å²) in [6, 6.07) is 12.1. The Labute approximate surface area is 166 Å². The number of rotatable bonds is 4. The van der Waals surface area contributed by atoms with E-state index in [9.17, 15) is 4.79 Å². The van der Waals surface area contributed by atoms with E-state index >= 15 is 0 Å². The van der Waals surface area contributed by atoms with Gasteiger partial charge in [-0.15, -0.1) is 0 Å². The number of hydrogen-bond acceptors (Lipinski definition) is 4. The Bertz CT molecular complexity index is 859. The number of hydrogen-bond donors (Lipinski definition) is 1. The van der Waals surface area contributed by atoms with Crippen molar-refractivity contribution in [1.82, 2.24) is 10.3 Å². The number of fused-ring (bicyclic) bond motifs is 1. The molecule has 0 saturated carbocycles. The zero-order valence-corrected chi connectivity index (χ0v) is 16.7. The Morgan fingerprint density at radius 1 is 1.21 bits per heavy atom. The molecule has 4 rings (SSSR count). The van der Waals surface area contributed by atoms with E-state index < -0.39 is 0 Å². The number of pyridine rings is 1. The summed E-state index contributed by atoms with van der Waals surface area (Å²) in [6.07, 6.45) is 3.60. The highest BCUT2D eigenvalue weighted by Gasteiger charge is 2.42. The number of benzene rings is 1. The maximum absolute atomic E-state index is 12.7. The summed E-state index contributed by atoms with van der Waals surface area (Å²) in [5.74, 6) is 0.953. The third-order valence-electron chi connectivity index (χ3n) is 5.74. The first-order valence-electron chi connectivity index (χ1n) is 10.1. The number of aromatic nitrogens is 1. The maximum atomic E-state index is 12.7. The van der Waals surface area contributed by atoms with Crippen LogP contribution in [0.4, 0.5) is 0 Å². The van der Waals surface area contributed by atoms with Crippen LogP contribution in [0.1, 0.15) is 54.2 Å². The molecule has 1 aromatic carbocycles. The molecule has 5 nitrogen and oxygen atoms in total. The van der Waals surface area contributed by atoms with Crippen molar-refractivity contribution in [2.75, 3.05) is 13.2 Å². The Morgan fingerprint density at radius 2 is 2.04 bits per heavy atom. The van der Waals surface area contributed by atoms with Gasteiger partial charge in [0.25, 0.3) is 0 Å². The topological polar surface area (TPSA) is 60.5 Å². The van der Waals surface area contributed by atoms with Crippen LogP contribution in [0.15, 0.2) is 36.4 Å². The molecule has 3 heterocycles. The molecule has 1 aromatic heterocycles. The van der Waals surface area contributed by atoms with Crippen molar-refractivity contribution in [3.8, 4) is 5.75 Å². The lowest BCUT2D eigenvalue weighted by molar-refractivity contribution is -0.123. The van der Waals surface area contributed by atoms with Crippen LogP contribution in [0, 0.1) is 13.8 Å². The summed E-state index contributed by atoms with van der Waals surface area (Å²) in [5.41, 5.74) is 3.96. The minimum Gasteiger partial charge on any atom is -0.487 e. The van der Waals surface area contributed by atoms with E-state index in [1.165, 1.54) is 5.56 Å². The number of amides is 1. The summed E-state index contributed by atoms with van der Waals surface area (Å²) in [4.78, 5) is 17.2.